The van der Waals surface area contributed by atoms with Gasteiger partial charge in [0.2, 0.25) is 0 Å². The number of nitrogens with two attached hydrogens (primary N) is 1. The number of hydrogen-bond acceptors (Lipinski definition) is 3. The Bertz CT molecular complexity index is 177. The zero-order valence-corrected chi connectivity index (χ0v) is 7.05. The van der Waals surface area contributed by atoms with Crippen LogP contribution in [-0.4, -0.2) is 43.5 Å². The topological polar surface area (TPSA) is 91.2 Å². The van der Waals surface area contributed by atoms with Crippen LogP contribution in [0, 0.1) is 0 Å². The number of quaternary nitrogens is 1. The Kier molecular flexibility index (Phi) is 5.39. The van der Waals surface area contributed by atoms with E-state index in [-0.39, 0.29) is 12.4 Å². The lowest BCUT2D eigenvalue weighted by Crippen LogP contribution is -2.85. The van der Waals surface area contributed by atoms with Crippen LogP contribution in [0.4, 0.5) is 0 Å². The van der Waals surface area contributed by atoms with Crippen molar-refractivity contribution < 1.29 is 23.4 Å². The van der Waals surface area contributed by atoms with Gasteiger partial charge < -0.3 is 10.4 Å². The van der Waals surface area contributed by atoms with Crippen LogP contribution in [0.3, 0.4) is 0 Å². The predicted molar refractivity (Wildman–Crippen MR) is 39.8 cm³/mol. The minimum absolute atomic E-state index is 0.0892. The van der Waals surface area contributed by atoms with Gasteiger partial charge in [0.1, 0.15) is 0 Å². The quantitative estimate of drug-likeness (QED) is 0.323. The standard InChI is InChI=1S/C5H13NO4S/c7-4-3-6-2-1-5-11(8,9)10/h6-7H,1-5H2,(H,8,9,10)/p+1. The SMILES string of the molecule is O=S(=O)(O)CCC[NH2+]CCO. The van der Waals surface area contributed by atoms with Crippen LogP contribution in [0.1, 0.15) is 6.42 Å². The van der Waals surface area contributed by atoms with Crippen LogP contribution < -0.4 is 5.32 Å². The third kappa shape index (κ3) is 9.83. The Hall–Kier alpha value is -0.170. The molecule has 0 amide bonds. The molecule has 0 atom stereocenters. The Morgan fingerprint density at radius 1 is 1.27 bits per heavy atom. The summed E-state index contributed by atoms with van der Waals surface area (Å²) in [5.74, 6) is -0.199. The lowest BCUT2D eigenvalue weighted by Gasteiger charge is -1.97. The molecule has 0 aromatic heterocycles. The summed E-state index contributed by atoms with van der Waals surface area (Å²) in [7, 11) is -3.79. The van der Waals surface area contributed by atoms with Crippen molar-refractivity contribution in [2.75, 3.05) is 25.4 Å². The summed E-state index contributed by atoms with van der Waals surface area (Å²) in [6, 6.07) is 0. The molecular formula is C5H14NO4S+. The van der Waals surface area contributed by atoms with Gasteiger partial charge in [-0.05, 0) is 0 Å². The lowest BCUT2D eigenvalue weighted by molar-refractivity contribution is -0.655. The molecule has 0 fully saturated rings. The second kappa shape index (κ2) is 5.48. The Balaban J connectivity index is 3.16. The van der Waals surface area contributed by atoms with Crippen molar-refractivity contribution in [2.45, 2.75) is 6.42 Å². The van der Waals surface area contributed by atoms with Crippen LogP contribution in [0.25, 0.3) is 0 Å². The number of rotatable bonds is 6. The average Bonchev–Trinajstić information content (AvgIpc) is 1.85. The van der Waals surface area contributed by atoms with Crippen molar-refractivity contribution in [1.29, 1.82) is 0 Å². The second-order valence-corrected chi connectivity index (χ2v) is 3.80. The molecule has 0 saturated carbocycles. The Morgan fingerprint density at radius 3 is 2.36 bits per heavy atom. The van der Waals surface area contributed by atoms with Gasteiger partial charge in [0.15, 0.2) is 0 Å². The largest absolute Gasteiger partial charge is 0.391 e. The van der Waals surface area contributed by atoms with E-state index in [1.54, 1.807) is 5.32 Å². The van der Waals surface area contributed by atoms with Crippen molar-refractivity contribution >= 4 is 10.1 Å². The fourth-order valence-electron chi connectivity index (χ4n) is 0.646. The summed E-state index contributed by atoms with van der Waals surface area (Å²) in [4.78, 5) is 0. The fourth-order valence-corrected chi connectivity index (χ4v) is 1.18. The highest BCUT2D eigenvalue weighted by atomic mass is 32.2. The van der Waals surface area contributed by atoms with Crippen molar-refractivity contribution in [3.05, 3.63) is 0 Å². The highest BCUT2D eigenvalue weighted by Gasteiger charge is 2.03. The van der Waals surface area contributed by atoms with Gasteiger partial charge in [-0.1, -0.05) is 0 Å². The fraction of sp³-hybridized carbons (Fsp3) is 1.00. The third-order valence-corrected chi connectivity index (χ3v) is 1.95. The van der Waals surface area contributed by atoms with Gasteiger partial charge in [-0.3, -0.25) is 4.55 Å². The molecule has 5 nitrogen and oxygen atoms in total. The predicted octanol–water partition coefficient (Wildman–Crippen LogP) is -2.18. The maximum atomic E-state index is 10.2. The van der Waals surface area contributed by atoms with Gasteiger partial charge in [0.25, 0.3) is 10.1 Å². The van der Waals surface area contributed by atoms with E-state index in [9.17, 15) is 8.42 Å². The molecular weight excluding hydrogens is 170 g/mol. The summed E-state index contributed by atoms with van der Waals surface area (Å²) in [5.41, 5.74) is 0. The van der Waals surface area contributed by atoms with Crippen molar-refractivity contribution in [3.8, 4) is 0 Å². The monoisotopic (exact) mass is 184 g/mol. The minimum atomic E-state index is -3.79. The molecule has 0 unspecified atom stereocenters. The average molecular weight is 184 g/mol. The molecule has 0 aliphatic carbocycles. The van der Waals surface area contributed by atoms with Crippen LogP contribution in [0.5, 0.6) is 0 Å². The zero-order valence-electron chi connectivity index (χ0n) is 6.23. The second-order valence-electron chi connectivity index (χ2n) is 2.23. The maximum absolute atomic E-state index is 10.2. The smallest absolute Gasteiger partial charge is 0.265 e. The first-order chi connectivity index (χ1) is 5.06. The number of aliphatic hydroxyl groups is 1. The van der Waals surface area contributed by atoms with Gasteiger partial charge >= 0.3 is 0 Å². The maximum Gasteiger partial charge on any atom is 0.265 e. The first-order valence-corrected chi connectivity index (χ1v) is 5.05. The molecule has 0 aromatic rings. The van der Waals surface area contributed by atoms with Gasteiger partial charge in [-0.15, -0.1) is 0 Å². The number of aliphatic hydroxyl groups excluding tert-OH is 1. The van der Waals surface area contributed by atoms with Crippen LogP contribution in [-0.2, 0) is 10.1 Å². The van der Waals surface area contributed by atoms with Gasteiger partial charge in [0, 0.05) is 6.42 Å². The van der Waals surface area contributed by atoms with Crippen LogP contribution in [0.2, 0.25) is 0 Å². The Morgan fingerprint density at radius 2 is 1.91 bits per heavy atom. The van der Waals surface area contributed by atoms with E-state index in [1.807, 2.05) is 0 Å². The first kappa shape index (κ1) is 10.8. The van der Waals surface area contributed by atoms with Crippen LogP contribution in [0.15, 0.2) is 0 Å². The molecule has 11 heavy (non-hydrogen) atoms. The summed E-state index contributed by atoms with van der Waals surface area (Å²) in [5, 5.41) is 10.1. The zero-order chi connectivity index (χ0) is 8.74. The first-order valence-electron chi connectivity index (χ1n) is 3.44. The molecule has 0 aliphatic rings. The van der Waals surface area contributed by atoms with Gasteiger partial charge in [-0.25, -0.2) is 0 Å². The molecule has 0 bridgehead atoms. The summed E-state index contributed by atoms with van der Waals surface area (Å²) in [6.07, 6.45) is 0.416. The van der Waals surface area contributed by atoms with E-state index in [0.717, 1.165) is 0 Å². The van der Waals surface area contributed by atoms with E-state index in [2.05, 4.69) is 0 Å². The van der Waals surface area contributed by atoms with Crippen molar-refractivity contribution in [1.82, 2.24) is 0 Å². The molecule has 0 heterocycles. The summed E-state index contributed by atoms with van der Waals surface area (Å²) < 4.78 is 28.6. The van der Waals surface area contributed by atoms with E-state index in [1.165, 1.54) is 0 Å². The normalized spacial score (nSPS) is 11.8. The number of hydrogen-bond donors (Lipinski definition) is 3. The molecule has 4 N–H and O–H groups in total. The van der Waals surface area contributed by atoms with Gasteiger partial charge in [-0.2, -0.15) is 8.42 Å². The highest BCUT2D eigenvalue weighted by Crippen LogP contribution is 1.83. The molecule has 0 rings (SSSR count). The highest BCUT2D eigenvalue weighted by molar-refractivity contribution is 7.85. The van der Waals surface area contributed by atoms with E-state index in [4.69, 9.17) is 9.66 Å². The summed E-state index contributed by atoms with van der Waals surface area (Å²) in [6.45, 7) is 1.28. The Labute approximate surface area is 66.2 Å². The van der Waals surface area contributed by atoms with E-state index in [0.29, 0.717) is 19.5 Å². The van der Waals surface area contributed by atoms with E-state index >= 15 is 0 Å². The molecule has 0 spiro atoms. The summed E-state index contributed by atoms with van der Waals surface area (Å²) >= 11 is 0. The molecule has 6 heteroatoms. The van der Waals surface area contributed by atoms with E-state index < -0.39 is 10.1 Å². The molecule has 0 saturated heterocycles. The lowest BCUT2D eigenvalue weighted by atomic mass is 10.5. The van der Waals surface area contributed by atoms with Crippen molar-refractivity contribution in [3.63, 3.8) is 0 Å². The third-order valence-electron chi connectivity index (χ3n) is 1.14. The van der Waals surface area contributed by atoms with Crippen molar-refractivity contribution in [2.24, 2.45) is 0 Å². The van der Waals surface area contributed by atoms with Gasteiger partial charge in [0.05, 0.1) is 25.4 Å². The minimum Gasteiger partial charge on any atom is -0.391 e. The molecule has 0 radical (unpaired) electrons. The molecule has 0 aliphatic heterocycles. The molecule has 68 valence electrons. The van der Waals surface area contributed by atoms with Crippen LogP contribution >= 0.6 is 0 Å². The molecule has 0 aromatic carbocycles.